The number of aromatic nitrogens is 5. The van der Waals surface area contributed by atoms with Gasteiger partial charge in [0.2, 0.25) is 0 Å². The van der Waals surface area contributed by atoms with E-state index in [9.17, 15) is 0 Å². The molecule has 7 nitrogen and oxygen atoms in total. The molecular formula is C18H23N7S. The average Bonchev–Trinajstić information content (AvgIpc) is 3.26. The lowest BCUT2D eigenvalue weighted by molar-refractivity contribution is 0.196. The van der Waals surface area contributed by atoms with Crippen molar-refractivity contribution in [3.63, 3.8) is 0 Å². The molecule has 1 aliphatic rings. The number of thiazole rings is 1. The van der Waals surface area contributed by atoms with Gasteiger partial charge in [0.05, 0.1) is 17.7 Å². The van der Waals surface area contributed by atoms with Gasteiger partial charge in [-0.15, -0.1) is 11.3 Å². The fraction of sp³-hybridized carbons (Fsp3) is 0.444. The van der Waals surface area contributed by atoms with Crippen LogP contribution >= 0.6 is 11.3 Å². The summed E-state index contributed by atoms with van der Waals surface area (Å²) in [5.74, 6) is 2.04. The quantitative estimate of drug-likeness (QED) is 0.717. The van der Waals surface area contributed by atoms with E-state index < -0.39 is 0 Å². The fourth-order valence-corrected chi connectivity index (χ4v) is 4.13. The minimum absolute atomic E-state index is 0.423. The summed E-state index contributed by atoms with van der Waals surface area (Å²) in [4.78, 5) is 23.5. The molecular weight excluding hydrogens is 346 g/mol. The molecule has 0 aliphatic carbocycles. The predicted octanol–water partition coefficient (Wildman–Crippen LogP) is 3.40. The van der Waals surface area contributed by atoms with Gasteiger partial charge in [0.25, 0.3) is 0 Å². The summed E-state index contributed by atoms with van der Waals surface area (Å²) in [7, 11) is 0. The minimum Gasteiger partial charge on any atom is -0.347 e. The van der Waals surface area contributed by atoms with E-state index in [0.29, 0.717) is 5.92 Å². The lowest BCUT2D eigenvalue weighted by Gasteiger charge is -2.32. The third-order valence-electron chi connectivity index (χ3n) is 4.58. The first-order valence-electron chi connectivity index (χ1n) is 8.90. The van der Waals surface area contributed by atoms with E-state index in [0.717, 1.165) is 59.9 Å². The summed E-state index contributed by atoms with van der Waals surface area (Å²) in [5, 5.41) is 6.23. The number of hydrogen-bond acceptors (Lipinski definition) is 7. The number of aromatic amines is 1. The lowest BCUT2D eigenvalue weighted by Crippen LogP contribution is -2.34. The summed E-state index contributed by atoms with van der Waals surface area (Å²) in [6, 6.07) is 2.08. The number of hydrogen-bond donors (Lipinski definition) is 2. The number of imidazole rings is 1. The van der Waals surface area contributed by atoms with E-state index >= 15 is 0 Å². The van der Waals surface area contributed by atoms with Crippen LogP contribution in [0.4, 0.5) is 10.9 Å². The zero-order valence-corrected chi connectivity index (χ0v) is 15.9. The molecule has 26 heavy (non-hydrogen) atoms. The Hall–Kier alpha value is -2.32. The van der Waals surface area contributed by atoms with E-state index in [2.05, 4.69) is 36.2 Å². The van der Waals surface area contributed by atoms with E-state index in [1.54, 1.807) is 17.7 Å². The zero-order valence-electron chi connectivity index (χ0n) is 15.1. The zero-order chi connectivity index (χ0) is 17.9. The average molecular weight is 369 g/mol. The molecule has 136 valence electrons. The summed E-state index contributed by atoms with van der Waals surface area (Å²) >= 11 is 1.59. The molecule has 1 aliphatic heterocycles. The lowest BCUT2D eigenvalue weighted by atomic mass is 9.94. The van der Waals surface area contributed by atoms with Crippen molar-refractivity contribution in [2.75, 3.05) is 18.4 Å². The van der Waals surface area contributed by atoms with Gasteiger partial charge in [0.15, 0.2) is 5.13 Å². The molecule has 4 heterocycles. The second-order valence-corrected chi connectivity index (χ2v) is 7.65. The van der Waals surface area contributed by atoms with Crippen LogP contribution in [0.5, 0.6) is 0 Å². The Morgan fingerprint density at radius 2 is 2.23 bits per heavy atom. The smallest absolute Gasteiger partial charge is 0.188 e. The summed E-state index contributed by atoms with van der Waals surface area (Å²) in [5.41, 5.74) is 3.29. The van der Waals surface area contributed by atoms with Crippen LogP contribution < -0.4 is 5.32 Å². The van der Waals surface area contributed by atoms with Crippen molar-refractivity contribution in [1.82, 2.24) is 29.8 Å². The van der Waals surface area contributed by atoms with Crippen LogP contribution in [-0.2, 0) is 6.54 Å². The molecule has 0 radical (unpaired) electrons. The molecule has 4 rings (SSSR count). The maximum absolute atomic E-state index is 4.72. The Morgan fingerprint density at radius 3 is 3.00 bits per heavy atom. The Labute approximate surface area is 156 Å². The Kier molecular flexibility index (Phi) is 4.94. The van der Waals surface area contributed by atoms with Crippen molar-refractivity contribution < 1.29 is 0 Å². The van der Waals surface area contributed by atoms with Gasteiger partial charge < -0.3 is 10.3 Å². The molecule has 1 saturated heterocycles. The SMILES string of the molecule is Cc1csc(Nc2cc([C@@H]3CCCN(Cc4cnc[nH]4)C3)nc(C)n2)n1. The summed E-state index contributed by atoms with van der Waals surface area (Å²) in [6.45, 7) is 6.97. The van der Waals surface area contributed by atoms with E-state index in [1.807, 2.05) is 25.4 Å². The van der Waals surface area contributed by atoms with Gasteiger partial charge in [0.1, 0.15) is 11.6 Å². The van der Waals surface area contributed by atoms with Gasteiger partial charge >= 0.3 is 0 Å². The first-order valence-corrected chi connectivity index (χ1v) is 9.78. The van der Waals surface area contributed by atoms with Crippen LogP contribution in [0.1, 0.15) is 41.7 Å². The highest BCUT2D eigenvalue weighted by Gasteiger charge is 2.23. The molecule has 3 aromatic rings. The first-order chi connectivity index (χ1) is 12.7. The largest absolute Gasteiger partial charge is 0.347 e. The van der Waals surface area contributed by atoms with Gasteiger partial charge in [-0.1, -0.05) is 0 Å². The van der Waals surface area contributed by atoms with E-state index in [-0.39, 0.29) is 0 Å². The molecule has 0 amide bonds. The van der Waals surface area contributed by atoms with Crippen molar-refractivity contribution in [3.05, 3.63) is 46.9 Å². The number of aryl methyl sites for hydroxylation is 2. The van der Waals surface area contributed by atoms with Crippen LogP contribution in [0.15, 0.2) is 24.0 Å². The molecule has 0 bridgehead atoms. The number of rotatable bonds is 5. The third kappa shape index (κ3) is 4.08. The van der Waals surface area contributed by atoms with Crippen LogP contribution in [-0.4, -0.2) is 42.9 Å². The van der Waals surface area contributed by atoms with Crippen molar-refractivity contribution in [1.29, 1.82) is 0 Å². The number of nitrogens with one attached hydrogen (secondary N) is 2. The third-order valence-corrected chi connectivity index (χ3v) is 5.46. The number of nitrogens with zero attached hydrogens (tertiary/aromatic N) is 5. The summed E-state index contributed by atoms with van der Waals surface area (Å²) < 4.78 is 0. The fourth-order valence-electron chi connectivity index (χ4n) is 3.44. The van der Waals surface area contributed by atoms with E-state index in [1.165, 1.54) is 6.42 Å². The molecule has 0 unspecified atom stereocenters. The maximum atomic E-state index is 4.72. The molecule has 1 fully saturated rings. The van der Waals surface area contributed by atoms with Gasteiger partial charge in [-0.05, 0) is 33.2 Å². The van der Waals surface area contributed by atoms with Gasteiger partial charge in [-0.2, -0.15) is 0 Å². The Morgan fingerprint density at radius 1 is 1.31 bits per heavy atom. The normalized spacial score (nSPS) is 18.2. The molecule has 8 heteroatoms. The Balaban J connectivity index is 1.49. The molecule has 0 aromatic carbocycles. The standard InChI is InChI=1S/C18H23N7S/c1-12-10-26-18(21-12)24-17-6-16(22-13(2)23-17)14-4-3-5-25(8-14)9-15-7-19-11-20-15/h6-7,10-11,14H,3-5,8-9H2,1-2H3,(H,19,20)(H,21,22,23,24)/t14-/m1/s1. The minimum atomic E-state index is 0.423. The highest BCUT2D eigenvalue weighted by molar-refractivity contribution is 7.13. The van der Waals surface area contributed by atoms with Crippen molar-refractivity contribution in [2.45, 2.75) is 39.2 Å². The van der Waals surface area contributed by atoms with Crippen LogP contribution in [0.2, 0.25) is 0 Å². The number of H-pyrrole nitrogens is 1. The van der Waals surface area contributed by atoms with Crippen LogP contribution in [0, 0.1) is 13.8 Å². The van der Waals surface area contributed by atoms with Crippen molar-refractivity contribution in [2.24, 2.45) is 0 Å². The molecule has 1 atom stereocenters. The predicted molar refractivity (Wildman–Crippen MR) is 103 cm³/mol. The van der Waals surface area contributed by atoms with Crippen molar-refractivity contribution in [3.8, 4) is 0 Å². The van der Waals surface area contributed by atoms with Crippen molar-refractivity contribution >= 4 is 22.3 Å². The highest BCUT2D eigenvalue weighted by atomic mass is 32.1. The summed E-state index contributed by atoms with van der Waals surface area (Å²) in [6.07, 6.45) is 5.97. The van der Waals surface area contributed by atoms with Crippen LogP contribution in [0.3, 0.4) is 0 Å². The maximum Gasteiger partial charge on any atom is 0.188 e. The number of piperidine rings is 1. The highest BCUT2D eigenvalue weighted by Crippen LogP contribution is 2.28. The monoisotopic (exact) mass is 369 g/mol. The van der Waals surface area contributed by atoms with Gasteiger partial charge in [0, 0.05) is 42.3 Å². The van der Waals surface area contributed by atoms with Gasteiger partial charge in [-0.3, -0.25) is 4.90 Å². The topological polar surface area (TPSA) is 82.6 Å². The number of likely N-dealkylation sites (tertiary alicyclic amines) is 1. The molecule has 0 spiro atoms. The Bertz CT molecular complexity index is 858. The second-order valence-electron chi connectivity index (χ2n) is 6.80. The van der Waals surface area contributed by atoms with E-state index in [4.69, 9.17) is 4.98 Å². The van der Waals surface area contributed by atoms with Crippen LogP contribution in [0.25, 0.3) is 0 Å². The first kappa shape index (κ1) is 17.1. The molecule has 3 aromatic heterocycles. The molecule has 0 saturated carbocycles. The second kappa shape index (κ2) is 7.51. The number of anilines is 2. The van der Waals surface area contributed by atoms with Gasteiger partial charge in [-0.25, -0.2) is 19.9 Å². The molecule has 2 N–H and O–H groups in total.